The number of rotatable bonds is 7. The van der Waals surface area contributed by atoms with Crippen molar-refractivity contribution in [2.75, 3.05) is 27.4 Å². The molecule has 1 aliphatic heterocycles. The molecule has 2 aromatic carbocycles. The number of aromatic nitrogens is 2. The zero-order valence-electron chi connectivity index (χ0n) is 17.1. The van der Waals surface area contributed by atoms with Gasteiger partial charge < -0.3 is 18.9 Å². The molecule has 4 rings (SSSR count). The molecule has 29 heavy (non-hydrogen) atoms. The average molecular weight is 394 g/mol. The van der Waals surface area contributed by atoms with Crippen molar-refractivity contribution in [2.45, 2.75) is 26.0 Å². The first-order valence-electron chi connectivity index (χ1n) is 9.77. The molecule has 1 atom stereocenters. The lowest BCUT2D eigenvalue weighted by atomic mass is 10.1. The predicted molar refractivity (Wildman–Crippen MR) is 111 cm³/mol. The van der Waals surface area contributed by atoms with Crippen LogP contribution in [0.2, 0.25) is 0 Å². The quantitative estimate of drug-likeness (QED) is 0.604. The van der Waals surface area contributed by atoms with Crippen molar-refractivity contribution < 1.29 is 18.9 Å². The highest BCUT2D eigenvalue weighted by Crippen LogP contribution is 2.34. The van der Waals surface area contributed by atoms with Crippen molar-refractivity contribution in [1.29, 1.82) is 0 Å². The smallest absolute Gasteiger partial charge is 0.162 e. The van der Waals surface area contributed by atoms with Gasteiger partial charge in [0.15, 0.2) is 11.5 Å². The average Bonchev–Trinajstić information content (AvgIpc) is 3.38. The van der Waals surface area contributed by atoms with Gasteiger partial charge in [0.25, 0.3) is 0 Å². The minimum Gasteiger partial charge on any atom is -0.496 e. The lowest BCUT2D eigenvalue weighted by molar-refractivity contribution is 0.138. The molecule has 0 radical (unpaired) electrons. The molecule has 1 fully saturated rings. The Morgan fingerprint density at radius 1 is 1.03 bits per heavy atom. The molecule has 0 amide bonds. The van der Waals surface area contributed by atoms with Crippen molar-refractivity contribution >= 4 is 0 Å². The summed E-state index contributed by atoms with van der Waals surface area (Å²) in [6.45, 7) is 3.96. The number of ether oxygens (including phenoxy) is 4. The number of para-hydroxylation sites is 1. The van der Waals surface area contributed by atoms with Gasteiger partial charge in [-0.15, -0.1) is 0 Å². The number of hydrogen-bond donors (Lipinski definition) is 0. The van der Waals surface area contributed by atoms with Crippen molar-refractivity contribution in [2.24, 2.45) is 0 Å². The number of benzene rings is 2. The van der Waals surface area contributed by atoms with Crippen LogP contribution in [-0.2, 0) is 11.3 Å². The second-order valence-electron chi connectivity index (χ2n) is 7.11. The van der Waals surface area contributed by atoms with Gasteiger partial charge in [-0.2, -0.15) is 5.10 Å². The summed E-state index contributed by atoms with van der Waals surface area (Å²) in [4.78, 5) is 0. The van der Waals surface area contributed by atoms with Crippen molar-refractivity contribution in [1.82, 2.24) is 9.78 Å². The van der Waals surface area contributed by atoms with Crippen LogP contribution in [0, 0.1) is 6.92 Å². The molecule has 1 aliphatic rings. The van der Waals surface area contributed by atoms with Gasteiger partial charge in [-0.05, 0) is 37.3 Å². The summed E-state index contributed by atoms with van der Waals surface area (Å²) < 4.78 is 24.6. The number of aryl methyl sites for hydroxylation is 1. The Morgan fingerprint density at radius 3 is 2.62 bits per heavy atom. The minimum absolute atomic E-state index is 0.0550. The van der Waals surface area contributed by atoms with E-state index in [1.54, 1.807) is 14.2 Å². The molecule has 1 saturated heterocycles. The Morgan fingerprint density at radius 2 is 1.86 bits per heavy atom. The number of hydrogen-bond acceptors (Lipinski definition) is 5. The Hall–Kier alpha value is -2.99. The van der Waals surface area contributed by atoms with E-state index in [0.29, 0.717) is 18.9 Å². The maximum Gasteiger partial charge on any atom is 0.162 e. The van der Waals surface area contributed by atoms with Crippen LogP contribution in [0.15, 0.2) is 48.5 Å². The van der Waals surface area contributed by atoms with Crippen molar-refractivity contribution in [3.05, 3.63) is 59.8 Å². The third-order valence-electron chi connectivity index (χ3n) is 5.06. The monoisotopic (exact) mass is 394 g/mol. The van der Waals surface area contributed by atoms with E-state index >= 15 is 0 Å². The Bertz CT molecular complexity index is 977. The van der Waals surface area contributed by atoms with Gasteiger partial charge in [0.05, 0.1) is 45.4 Å². The summed E-state index contributed by atoms with van der Waals surface area (Å²) in [7, 11) is 3.34. The number of methoxy groups -OCH3 is 2. The molecule has 3 aromatic rings. The van der Waals surface area contributed by atoms with E-state index in [1.807, 2.05) is 48.0 Å². The molecule has 0 spiro atoms. The maximum atomic E-state index is 6.16. The highest BCUT2D eigenvalue weighted by atomic mass is 16.6. The standard InChI is InChI=1S/C23H26N2O4/c1-16-12-20(25(24-16)14-18-6-4-5-7-21(18)26-2)17-8-9-22(27-3)23(13-17)29-19-10-11-28-15-19/h4-9,12-13,19H,10-11,14-15H2,1-3H3/t19-/m1/s1. The van der Waals surface area contributed by atoms with Crippen LogP contribution in [0.5, 0.6) is 17.2 Å². The summed E-state index contributed by atoms with van der Waals surface area (Å²) in [6.07, 6.45) is 0.942. The molecule has 0 aliphatic carbocycles. The van der Waals surface area contributed by atoms with Crippen LogP contribution in [0.4, 0.5) is 0 Å². The molecule has 0 N–H and O–H groups in total. The van der Waals surface area contributed by atoms with Crippen LogP contribution >= 0.6 is 0 Å². The molecular weight excluding hydrogens is 368 g/mol. The first-order valence-corrected chi connectivity index (χ1v) is 9.77. The van der Waals surface area contributed by atoms with Gasteiger partial charge in [0, 0.05) is 17.5 Å². The molecule has 6 heteroatoms. The van der Waals surface area contributed by atoms with Gasteiger partial charge in [-0.1, -0.05) is 18.2 Å². The normalized spacial score (nSPS) is 16.0. The van der Waals surface area contributed by atoms with E-state index in [2.05, 4.69) is 12.1 Å². The van der Waals surface area contributed by atoms with Crippen LogP contribution in [-0.4, -0.2) is 43.3 Å². The van der Waals surface area contributed by atoms with Gasteiger partial charge >= 0.3 is 0 Å². The zero-order valence-corrected chi connectivity index (χ0v) is 17.1. The lowest BCUT2D eigenvalue weighted by Crippen LogP contribution is -2.16. The molecule has 152 valence electrons. The topological polar surface area (TPSA) is 54.7 Å². The van der Waals surface area contributed by atoms with Gasteiger partial charge in [-0.3, -0.25) is 4.68 Å². The van der Waals surface area contributed by atoms with E-state index in [4.69, 9.17) is 24.0 Å². The third-order valence-corrected chi connectivity index (χ3v) is 5.06. The van der Waals surface area contributed by atoms with Crippen LogP contribution in [0.3, 0.4) is 0 Å². The molecule has 0 bridgehead atoms. The van der Waals surface area contributed by atoms with E-state index < -0.39 is 0 Å². The van der Waals surface area contributed by atoms with E-state index in [9.17, 15) is 0 Å². The fraction of sp³-hybridized carbons (Fsp3) is 0.348. The highest BCUT2D eigenvalue weighted by molar-refractivity contribution is 5.65. The summed E-state index contributed by atoms with van der Waals surface area (Å²) in [5, 5.41) is 4.70. The second kappa shape index (κ2) is 8.57. The van der Waals surface area contributed by atoms with Gasteiger partial charge in [0.1, 0.15) is 11.9 Å². The molecule has 0 saturated carbocycles. The Labute approximate surface area is 171 Å². The van der Waals surface area contributed by atoms with E-state index in [-0.39, 0.29) is 6.10 Å². The van der Waals surface area contributed by atoms with Crippen LogP contribution in [0.25, 0.3) is 11.3 Å². The SMILES string of the molecule is COc1ccccc1Cn1nc(C)cc1-c1ccc(OC)c(O[C@@H]2CCOC2)c1. The van der Waals surface area contributed by atoms with Gasteiger partial charge in [0.2, 0.25) is 0 Å². The summed E-state index contributed by atoms with van der Waals surface area (Å²) in [5.41, 5.74) is 4.07. The van der Waals surface area contributed by atoms with Crippen LogP contribution < -0.4 is 14.2 Å². The second-order valence-corrected chi connectivity index (χ2v) is 7.11. The summed E-state index contributed by atoms with van der Waals surface area (Å²) in [5.74, 6) is 2.29. The minimum atomic E-state index is 0.0550. The summed E-state index contributed by atoms with van der Waals surface area (Å²) in [6, 6.07) is 16.1. The fourth-order valence-electron chi connectivity index (χ4n) is 3.61. The largest absolute Gasteiger partial charge is 0.496 e. The molecule has 6 nitrogen and oxygen atoms in total. The van der Waals surface area contributed by atoms with Crippen LogP contribution in [0.1, 0.15) is 17.7 Å². The first kappa shape index (κ1) is 19.3. The lowest BCUT2D eigenvalue weighted by Gasteiger charge is -2.17. The first-order chi connectivity index (χ1) is 14.2. The van der Waals surface area contributed by atoms with Crippen molar-refractivity contribution in [3.8, 4) is 28.5 Å². The number of nitrogens with zero attached hydrogens (tertiary/aromatic N) is 2. The Kier molecular flexibility index (Phi) is 5.71. The van der Waals surface area contributed by atoms with Gasteiger partial charge in [-0.25, -0.2) is 0 Å². The van der Waals surface area contributed by atoms with E-state index in [1.165, 1.54) is 0 Å². The fourth-order valence-corrected chi connectivity index (χ4v) is 3.61. The molecule has 2 heterocycles. The molecule has 0 unspecified atom stereocenters. The Balaban J connectivity index is 1.68. The maximum absolute atomic E-state index is 6.16. The summed E-state index contributed by atoms with van der Waals surface area (Å²) >= 11 is 0. The zero-order chi connectivity index (χ0) is 20.2. The molecular formula is C23H26N2O4. The predicted octanol–water partition coefficient (Wildman–Crippen LogP) is 4.09. The van der Waals surface area contributed by atoms with Crippen molar-refractivity contribution in [3.63, 3.8) is 0 Å². The van der Waals surface area contributed by atoms with E-state index in [0.717, 1.165) is 47.0 Å². The highest BCUT2D eigenvalue weighted by Gasteiger charge is 2.20. The third kappa shape index (κ3) is 4.22. The molecule has 1 aromatic heterocycles.